The van der Waals surface area contributed by atoms with Crippen molar-refractivity contribution in [3.63, 3.8) is 0 Å². The summed E-state index contributed by atoms with van der Waals surface area (Å²) in [5.74, 6) is 0.623. The van der Waals surface area contributed by atoms with Crippen molar-refractivity contribution in [1.29, 1.82) is 0 Å². The van der Waals surface area contributed by atoms with Crippen molar-refractivity contribution in [3.05, 3.63) is 95.6 Å². The summed E-state index contributed by atoms with van der Waals surface area (Å²) >= 11 is 0. The Hall–Kier alpha value is -3.51. The molecule has 4 rings (SSSR count). The smallest absolute Gasteiger partial charge is 0.251 e. The van der Waals surface area contributed by atoms with E-state index in [4.69, 9.17) is 0 Å². The van der Waals surface area contributed by atoms with Crippen LogP contribution >= 0.6 is 0 Å². The number of hydrogen-bond acceptors (Lipinski definition) is 4. The molecule has 3 N–H and O–H groups in total. The second-order valence-corrected chi connectivity index (χ2v) is 6.50. The van der Waals surface area contributed by atoms with E-state index in [1.165, 1.54) is 0 Å². The number of benzene rings is 2. The van der Waals surface area contributed by atoms with Gasteiger partial charge in [0.15, 0.2) is 0 Å². The molecule has 0 saturated heterocycles. The molecule has 0 aliphatic heterocycles. The third kappa shape index (κ3) is 4.42. The first-order valence-corrected chi connectivity index (χ1v) is 9.19. The molecular formula is C22H21N5O. The molecule has 140 valence electrons. The number of imidazole rings is 1. The number of aromatic nitrogens is 3. The fraction of sp³-hybridized carbons (Fsp3) is 0.136. The van der Waals surface area contributed by atoms with Crippen LogP contribution in [0.25, 0.3) is 11.0 Å². The first kappa shape index (κ1) is 17.9. The minimum atomic E-state index is -0.117. The number of fused-ring (bicyclic) bond motifs is 1. The average Bonchev–Trinajstić information content (AvgIpc) is 3.16. The number of hydrogen-bond donors (Lipinski definition) is 3. The van der Waals surface area contributed by atoms with Gasteiger partial charge in [0.2, 0.25) is 0 Å². The molecule has 2 aromatic heterocycles. The van der Waals surface area contributed by atoms with Crippen LogP contribution in [0.1, 0.15) is 27.4 Å². The first-order chi connectivity index (χ1) is 13.8. The van der Waals surface area contributed by atoms with Crippen LogP contribution in [-0.2, 0) is 19.6 Å². The molecule has 0 saturated carbocycles. The Balaban J connectivity index is 1.28. The zero-order chi connectivity index (χ0) is 19.2. The number of amides is 1. The van der Waals surface area contributed by atoms with Crippen LogP contribution in [-0.4, -0.2) is 20.9 Å². The lowest BCUT2D eigenvalue weighted by molar-refractivity contribution is 0.0950. The zero-order valence-electron chi connectivity index (χ0n) is 15.4. The van der Waals surface area contributed by atoms with Gasteiger partial charge < -0.3 is 15.6 Å². The van der Waals surface area contributed by atoms with Crippen molar-refractivity contribution in [1.82, 2.24) is 25.6 Å². The van der Waals surface area contributed by atoms with Crippen LogP contribution in [0.5, 0.6) is 0 Å². The summed E-state index contributed by atoms with van der Waals surface area (Å²) in [6, 6.07) is 21.3. The fourth-order valence-electron chi connectivity index (χ4n) is 2.97. The number of carbonyl (C=O) groups excluding carboxylic acids is 1. The highest BCUT2D eigenvalue weighted by molar-refractivity contribution is 5.94. The SMILES string of the molecule is O=C(NCc1nc2ccccc2[nH]1)c1ccc(CNCc2ccccn2)cc1. The molecule has 1 amide bonds. The molecule has 2 aromatic carbocycles. The van der Waals surface area contributed by atoms with Gasteiger partial charge in [0, 0.05) is 24.8 Å². The highest BCUT2D eigenvalue weighted by Gasteiger charge is 2.07. The summed E-state index contributed by atoms with van der Waals surface area (Å²) in [4.78, 5) is 24.3. The Labute approximate surface area is 163 Å². The Bertz CT molecular complexity index is 1020. The van der Waals surface area contributed by atoms with Gasteiger partial charge in [0.1, 0.15) is 5.82 Å². The predicted molar refractivity (Wildman–Crippen MR) is 108 cm³/mol. The van der Waals surface area contributed by atoms with Gasteiger partial charge in [-0.2, -0.15) is 0 Å². The van der Waals surface area contributed by atoms with E-state index in [9.17, 15) is 4.79 Å². The van der Waals surface area contributed by atoms with Crippen LogP contribution in [0.3, 0.4) is 0 Å². The third-order valence-electron chi connectivity index (χ3n) is 4.43. The van der Waals surface area contributed by atoms with Gasteiger partial charge in [0.05, 0.1) is 23.3 Å². The number of pyridine rings is 1. The molecule has 4 aromatic rings. The number of nitrogens with one attached hydrogen (secondary N) is 3. The van der Waals surface area contributed by atoms with Crippen LogP contribution in [0.4, 0.5) is 0 Å². The van der Waals surface area contributed by atoms with E-state index in [-0.39, 0.29) is 5.91 Å². The number of carbonyl (C=O) groups is 1. The Morgan fingerprint density at radius 3 is 2.50 bits per heavy atom. The molecular weight excluding hydrogens is 350 g/mol. The molecule has 0 unspecified atom stereocenters. The highest BCUT2D eigenvalue weighted by Crippen LogP contribution is 2.10. The Morgan fingerprint density at radius 1 is 0.893 bits per heavy atom. The lowest BCUT2D eigenvalue weighted by Crippen LogP contribution is -2.23. The summed E-state index contributed by atoms with van der Waals surface area (Å²) in [5.41, 5.74) is 4.61. The topological polar surface area (TPSA) is 82.7 Å². The molecule has 0 aliphatic rings. The third-order valence-corrected chi connectivity index (χ3v) is 4.43. The van der Waals surface area contributed by atoms with Crippen LogP contribution in [0.15, 0.2) is 72.9 Å². The summed E-state index contributed by atoms with van der Waals surface area (Å²) in [5, 5.41) is 6.25. The van der Waals surface area contributed by atoms with E-state index in [2.05, 4.69) is 25.6 Å². The second-order valence-electron chi connectivity index (χ2n) is 6.50. The van der Waals surface area contributed by atoms with Crippen molar-refractivity contribution in [2.24, 2.45) is 0 Å². The van der Waals surface area contributed by atoms with Crippen molar-refractivity contribution in [3.8, 4) is 0 Å². The van der Waals surface area contributed by atoms with Gasteiger partial charge in [-0.25, -0.2) is 4.98 Å². The van der Waals surface area contributed by atoms with E-state index in [1.807, 2.05) is 66.7 Å². The lowest BCUT2D eigenvalue weighted by Gasteiger charge is -2.07. The Kier molecular flexibility index (Phi) is 5.40. The van der Waals surface area contributed by atoms with E-state index < -0.39 is 0 Å². The number of aromatic amines is 1. The maximum atomic E-state index is 12.4. The summed E-state index contributed by atoms with van der Waals surface area (Å²) < 4.78 is 0. The fourth-order valence-corrected chi connectivity index (χ4v) is 2.97. The van der Waals surface area contributed by atoms with Crippen molar-refractivity contribution >= 4 is 16.9 Å². The minimum absolute atomic E-state index is 0.117. The van der Waals surface area contributed by atoms with Crippen molar-refractivity contribution in [2.75, 3.05) is 0 Å². The molecule has 0 fully saturated rings. The normalized spacial score (nSPS) is 10.9. The zero-order valence-corrected chi connectivity index (χ0v) is 15.4. The van der Waals surface area contributed by atoms with Crippen LogP contribution < -0.4 is 10.6 Å². The molecule has 28 heavy (non-hydrogen) atoms. The van der Waals surface area contributed by atoms with Crippen LogP contribution in [0.2, 0.25) is 0 Å². The maximum Gasteiger partial charge on any atom is 0.251 e. The highest BCUT2D eigenvalue weighted by atomic mass is 16.1. The standard InChI is InChI=1S/C22H21N5O/c28-22(25-15-21-26-19-6-1-2-7-20(19)27-21)17-10-8-16(9-11-17)13-23-14-18-5-3-4-12-24-18/h1-12,23H,13-15H2,(H,25,28)(H,26,27). The molecule has 0 bridgehead atoms. The van der Waals surface area contributed by atoms with Crippen LogP contribution in [0, 0.1) is 0 Å². The number of rotatable bonds is 7. The van der Waals surface area contributed by atoms with E-state index >= 15 is 0 Å². The average molecular weight is 371 g/mol. The van der Waals surface area contributed by atoms with Gasteiger partial charge in [-0.3, -0.25) is 9.78 Å². The number of H-pyrrole nitrogens is 1. The second kappa shape index (κ2) is 8.45. The molecule has 0 atom stereocenters. The Morgan fingerprint density at radius 2 is 1.71 bits per heavy atom. The molecule has 6 nitrogen and oxygen atoms in total. The van der Waals surface area contributed by atoms with E-state index in [0.717, 1.165) is 34.7 Å². The van der Waals surface area contributed by atoms with Crippen molar-refractivity contribution in [2.45, 2.75) is 19.6 Å². The molecule has 2 heterocycles. The van der Waals surface area contributed by atoms with Gasteiger partial charge in [-0.05, 0) is 42.0 Å². The molecule has 0 spiro atoms. The maximum absolute atomic E-state index is 12.4. The number of nitrogens with zero attached hydrogens (tertiary/aromatic N) is 2. The molecule has 0 radical (unpaired) electrons. The monoisotopic (exact) mass is 371 g/mol. The largest absolute Gasteiger partial charge is 0.345 e. The minimum Gasteiger partial charge on any atom is -0.345 e. The summed E-state index contributed by atoms with van der Waals surface area (Å²) in [6.45, 7) is 1.79. The first-order valence-electron chi connectivity index (χ1n) is 9.19. The van der Waals surface area contributed by atoms with Crippen molar-refractivity contribution < 1.29 is 4.79 Å². The van der Waals surface area contributed by atoms with E-state index in [1.54, 1.807) is 6.20 Å². The van der Waals surface area contributed by atoms with Gasteiger partial charge in [-0.15, -0.1) is 0 Å². The van der Waals surface area contributed by atoms with Gasteiger partial charge in [-0.1, -0.05) is 30.3 Å². The number of para-hydroxylation sites is 2. The quantitative estimate of drug-likeness (QED) is 0.466. The summed E-state index contributed by atoms with van der Waals surface area (Å²) in [6.07, 6.45) is 1.79. The predicted octanol–water partition coefficient (Wildman–Crippen LogP) is 3.18. The van der Waals surface area contributed by atoms with Gasteiger partial charge >= 0.3 is 0 Å². The molecule has 0 aliphatic carbocycles. The lowest BCUT2D eigenvalue weighted by atomic mass is 10.1. The van der Waals surface area contributed by atoms with Gasteiger partial charge in [0.25, 0.3) is 5.91 Å². The molecule has 6 heteroatoms. The van der Waals surface area contributed by atoms with E-state index in [0.29, 0.717) is 18.7 Å². The summed E-state index contributed by atoms with van der Waals surface area (Å²) in [7, 11) is 0.